The molecule has 0 unspecified atom stereocenters. The van der Waals surface area contributed by atoms with Crippen molar-refractivity contribution in [1.82, 2.24) is 4.90 Å². The number of carboxylic acid groups (broad SMARTS) is 1. The highest BCUT2D eigenvalue weighted by Gasteiger charge is 2.38. The molecular weight excluding hydrogens is 198 g/mol. The highest BCUT2D eigenvalue weighted by molar-refractivity contribution is 5.84. The number of carbonyl (C=O) groups is 2. The number of aliphatic carboxylic acids is 1. The van der Waals surface area contributed by atoms with E-state index in [1.165, 1.54) is 4.90 Å². The normalized spacial score (nSPS) is 25.3. The van der Waals surface area contributed by atoms with Crippen LogP contribution in [0.1, 0.15) is 19.3 Å². The molecule has 1 aliphatic rings. The SMILES string of the molecule is C=CCCC(=O)N1C[C@H](O)C[C@@H]1C(=O)O. The van der Waals surface area contributed by atoms with Gasteiger partial charge in [0.2, 0.25) is 5.91 Å². The number of allylic oxidation sites excluding steroid dienone is 1. The molecule has 84 valence electrons. The van der Waals surface area contributed by atoms with E-state index in [2.05, 4.69) is 6.58 Å². The lowest BCUT2D eigenvalue weighted by Crippen LogP contribution is -2.40. The number of nitrogens with zero attached hydrogens (tertiary/aromatic N) is 1. The summed E-state index contributed by atoms with van der Waals surface area (Å²) in [5, 5.41) is 18.2. The van der Waals surface area contributed by atoms with Gasteiger partial charge < -0.3 is 15.1 Å². The van der Waals surface area contributed by atoms with Crippen LogP contribution in [-0.2, 0) is 9.59 Å². The van der Waals surface area contributed by atoms with Crippen molar-refractivity contribution in [2.45, 2.75) is 31.4 Å². The second-order valence-corrected chi connectivity index (χ2v) is 3.62. The molecule has 1 rings (SSSR count). The van der Waals surface area contributed by atoms with Crippen LogP contribution in [0, 0.1) is 0 Å². The Labute approximate surface area is 88.0 Å². The number of likely N-dealkylation sites (tertiary alicyclic amines) is 1. The Morgan fingerprint density at radius 2 is 2.20 bits per heavy atom. The molecule has 0 aliphatic carbocycles. The average molecular weight is 213 g/mol. The highest BCUT2D eigenvalue weighted by atomic mass is 16.4. The van der Waals surface area contributed by atoms with E-state index in [4.69, 9.17) is 5.11 Å². The van der Waals surface area contributed by atoms with Crippen LogP contribution >= 0.6 is 0 Å². The number of hydrogen-bond acceptors (Lipinski definition) is 3. The first-order chi connectivity index (χ1) is 7.06. The van der Waals surface area contributed by atoms with Gasteiger partial charge in [-0.05, 0) is 6.42 Å². The molecule has 2 N–H and O–H groups in total. The first-order valence-corrected chi connectivity index (χ1v) is 4.87. The van der Waals surface area contributed by atoms with Crippen LogP contribution in [-0.4, -0.2) is 45.7 Å². The van der Waals surface area contributed by atoms with E-state index in [1.807, 2.05) is 0 Å². The van der Waals surface area contributed by atoms with Crippen molar-refractivity contribution < 1.29 is 19.8 Å². The van der Waals surface area contributed by atoms with Crippen LogP contribution in [0.2, 0.25) is 0 Å². The van der Waals surface area contributed by atoms with Gasteiger partial charge in [-0.1, -0.05) is 6.08 Å². The Morgan fingerprint density at radius 3 is 2.73 bits per heavy atom. The lowest BCUT2D eigenvalue weighted by Gasteiger charge is -2.20. The Balaban J connectivity index is 2.62. The zero-order valence-electron chi connectivity index (χ0n) is 8.43. The average Bonchev–Trinajstić information content (AvgIpc) is 2.57. The van der Waals surface area contributed by atoms with Gasteiger partial charge in [0.1, 0.15) is 6.04 Å². The molecular formula is C10H15NO4. The van der Waals surface area contributed by atoms with Gasteiger partial charge in [0.25, 0.3) is 0 Å². The minimum absolute atomic E-state index is 0.118. The standard InChI is InChI=1S/C10H15NO4/c1-2-3-4-9(13)11-6-7(12)5-8(11)10(14)15/h2,7-8,12H,1,3-6H2,(H,14,15)/t7-,8-/m1/s1. The summed E-state index contributed by atoms with van der Waals surface area (Å²) >= 11 is 0. The summed E-state index contributed by atoms with van der Waals surface area (Å²) in [6, 6.07) is -0.877. The first-order valence-electron chi connectivity index (χ1n) is 4.87. The summed E-state index contributed by atoms with van der Waals surface area (Å²) in [5.74, 6) is -1.29. The smallest absolute Gasteiger partial charge is 0.326 e. The second kappa shape index (κ2) is 4.93. The van der Waals surface area contributed by atoms with Gasteiger partial charge in [-0.3, -0.25) is 4.79 Å². The third kappa shape index (κ3) is 2.79. The molecule has 15 heavy (non-hydrogen) atoms. The fourth-order valence-electron chi connectivity index (χ4n) is 1.69. The summed E-state index contributed by atoms with van der Waals surface area (Å²) in [6.45, 7) is 3.61. The molecule has 0 aromatic heterocycles. The van der Waals surface area contributed by atoms with Gasteiger partial charge in [0, 0.05) is 19.4 Å². The molecule has 0 radical (unpaired) electrons. The van der Waals surface area contributed by atoms with E-state index < -0.39 is 18.1 Å². The summed E-state index contributed by atoms with van der Waals surface area (Å²) in [6.07, 6.45) is 1.78. The van der Waals surface area contributed by atoms with Crippen LogP contribution < -0.4 is 0 Å². The monoisotopic (exact) mass is 213 g/mol. The molecule has 2 atom stereocenters. The number of amides is 1. The van der Waals surface area contributed by atoms with Crippen molar-refractivity contribution in [2.24, 2.45) is 0 Å². The van der Waals surface area contributed by atoms with Crippen molar-refractivity contribution >= 4 is 11.9 Å². The van der Waals surface area contributed by atoms with Crippen molar-refractivity contribution in [1.29, 1.82) is 0 Å². The largest absolute Gasteiger partial charge is 0.480 e. The van der Waals surface area contributed by atoms with E-state index in [1.54, 1.807) is 6.08 Å². The Morgan fingerprint density at radius 1 is 1.53 bits per heavy atom. The van der Waals surface area contributed by atoms with Gasteiger partial charge in [-0.15, -0.1) is 6.58 Å². The van der Waals surface area contributed by atoms with Gasteiger partial charge in [0.15, 0.2) is 0 Å². The van der Waals surface area contributed by atoms with Crippen LogP contribution in [0.4, 0.5) is 0 Å². The second-order valence-electron chi connectivity index (χ2n) is 3.62. The van der Waals surface area contributed by atoms with E-state index in [9.17, 15) is 14.7 Å². The van der Waals surface area contributed by atoms with E-state index in [-0.39, 0.29) is 25.3 Å². The van der Waals surface area contributed by atoms with Crippen LogP contribution in [0.15, 0.2) is 12.7 Å². The summed E-state index contributed by atoms with van der Waals surface area (Å²) in [7, 11) is 0. The van der Waals surface area contributed by atoms with Crippen molar-refractivity contribution in [3.05, 3.63) is 12.7 Å². The van der Waals surface area contributed by atoms with E-state index in [0.29, 0.717) is 6.42 Å². The van der Waals surface area contributed by atoms with Crippen molar-refractivity contribution in [3.8, 4) is 0 Å². The molecule has 0 bridgehead atoms. The number of aliphatic hydroxyl groups excluding tert-OH is 1. The highest BCUT2D eigenvalue weighted by Crippen LogP contribution is 2.19. The molecule has 5 nitrogen and oxygen atoms in total. The number of carbonyl (C=O) groups excluding carboxylic acids is 1. The predicted molar refractivity (Wildman–Crippen MR) is 53.2 cm³/mol. The molecule has 1 saturated heterocycles. The van der Waals surface area contributed by atoms with Crippen molar-refractivity contribution in [3.63, 3.8) is 0 Å². The molecule has 5 heteroatoms. The van der Waals surface area contributed by atoms with E-state index >= 15 is 0 Å². The molecule has 1 aliphatic heterocycles. The summed E-state index contributed by atoms with van der Waals surface area (Å²) in [5.41, 5.74) is 0. The van der Waals surface area contributed by atoms with Crippen LogP contribution in [0.25, 0.3) is 0 Å². The molecule has 0 aromatic carbocycles. The van der Waals surface area contributed by atoms with Crippen LogP contribution in [0.3, 0.4) is 0 Å². The number of hydrogen-bond donors (Lipinski definition) is 2. The van der Waals surface area contributed by atoms with Gasteiger partial charge in [0.05, 0.1) is 6.10 Å². The maximum atomic E-state index is 11.6. The van der Waals surface area contributed by atoms with Crippen molar-refractivity contribution in [2.75, 3.05) is 6.54 Å². The fraction of sp³-hybridized carbons (Fsp3) is 0.600. The summed E-state index contributed by atoms with van der Waals surface area (Å²) < 4.78 is 0. The molecule has 1 amide bonds. The van der Waals surface area contributed by atoms with Gasteiger partial charge in [-0.2, -0.15) is 0 Å². The maximum absolute atomic E-state index is 11.6. The zero-order valence-corrected chi connectivity index (χ0v) is 8.43. The Kier molecular flexibility index (Phi) is 3.85. The number of carboxylic acids is 1. The molecule has 1 fully saturated rings. The molecule has 0 saturated carbocycles. The lowest BCUT2D eigenvalue weighted by molar-refractivity contribution is -0.148. The number of rotatable bonds is 4. The van der Waals surface area contributed by atoms with Gasteiger partial charge >= 0.3 is 5.97 Å². The fourth-order valence-corrected chi connectivity index (χ4v) is 1.69. The quantitative estimate of drug-likeness (QED) is 0.644. The Hall–Kier alpha value is -1.36. The minimum atomic E-state index is -1.06. The first kappa shape index (κ1) is 11.7. The zero-order chi connectivity index (χ0) is 11.4. The minimum Gasteiger partial charge on any atom is -0.480 e. The molecule has 0 spiro atoms. The lowest BCUT2D eigenvalue weighted by atomic mass is 10.2. The Bertz CT molecular complexity index is 277. The maximum Gasteiger partial charge on any atom is 0.326 e. The van der Waals surface area contributed by atoms with Crippen LogP contribution in [0.5, 0.6) is 0 Å². The topological polar surface area (TPSA) is 77.8 Å². The molecule has 0 aromatic rings. The predicted octanol–water partition coefficient (Wildman–Crippen LogP) is -0.00100. The third-order valence-electron chi connectivity index (χ3n) is 2.45. The van der Waals surface area contributed by atoms with Gasteiger partial charge in [-0.25, -0.2) is 4.79 Å². The third-order valence-corrected chi connectivity index (χ3v) is 2.45. The number of aliphatic hydroxyl groups is 1. The molecule has 1 heterocycles. The number of β-amino-alcohol motifs (C(OH)–C–C–N with tert-alkyl or cyclic N) is 1. The van der Waals surface area contributed by atoms with E-state index in [0.717, 1.165) is 0 Å². The summed E-state index contributed by atoms with van der Waals surface area (Å²) in [4.78, 5) is 23.6.